The second-order valence-electron chi connectivity index (χ2n) is 4.96. The molecule has 1 atom stereocenters. The molecule has 3 rings (SSSR count). The molecule has 0 saturated heterocycles. The Morgan fingerprint density at radius 3 is 2.56 bits per heavy atom. The monoisotopic (exact) mass is 213 g/mol. The predicted molar refractivity (Wildman–Crippen MR) is 63.9 cm³/mol. The van der Waals surface area contributed by atoms with Gasteiger partial charge in [0.15, 0.2) is 0 Å². The second-order valence-corrected chi connectivity index (χ2v) is 4.96. The van der Waals surface area contributed by atoms with E-state index in [1.807, 2.05) is 24.8 Å². The van der Waals surface area contributed by atoms with E-state index in [1.165, 1.54) is 16.5 Å². The molecule has 0 aliphatic heterocycles. The third-order valence-corrected chi connectivity index (χ3v) is 3.76. The molecule has 0 spiro atoms. The first-order chi connectivity index (χ1) is 7.63. The largest absolute Gasteiger partial charge is 0.321 e. The molecule has 1 aliphatic carbocycles. The minimum Gasteiger partial charge on any atom is -0.321 e. The Morgan fingerprint density at radius 2 is 1.88 bits per heavy atom. The molecular weight excluding hydrogens is 198 g/mol. The quantitative estimate of drug-likeness (QED) is 0.788. The number of nitrogens with two attached hydrogens (primary N) is 1. The van der Waals surface area contributed by atoms with Gasteiger partial charge in [0.05, 0.1) is 0 Å². The highest BCUT2D eigenvalue weighted by Gasteiger charge is 2.39. The van der Waals surface area contributed by atoms with Crippen LogP contribution in [0.15, 0.2) is 24.8 Å². The lowest BCUT2D eigenvalue weighted by molar-refractivity contribution is 0.326. The lowest BCUT2D eigenvalue weighted by Gasteiger charge is -2.29. The van der Waals surface area contributed by atoms with Crippen LogP contribution in [-0.2, 0) is 12.0 Å². The van der Waals surface area contributed by atoms with Gasteiger partial charge in [-0.25, -0.2) is 0 Å². The summed E-state index contributed by atoms with van der Waals surface area (Å²) in [7, 11) is 0. The minimum atomic E-state index is -0.280. The molecular formula is C13H15N3. The Labute approximate surface area is 94.7 Å². The molecule has 82 valence electrons. The van der Waals surface area contributed by atoms with Crippen molar-refractivity contribution >= 4 is 10.8 Å². The lowest BCUT2D eigenvalue weighted by atomic mass is 9.82. The van der Waals surface area contributed by atoms with E-state index in [2.05, 4.69) is 23.8 Å². The predicted octanol–water partition coefficient (Wildman–Crippen LogP) is 2.00. The van der Waals surface area contributed by atoms with Gasteiger partial charge in [0.1, 0.15) is 0 Å². The maximum Gasteiger partial charge on any atom is 0.0496 e. The van der Waals surface area contributed by atoms with Crippen molar-refractivity contribution in [1.82, 2.24) is 9.97 Å². The normalized spacial score (nSPS) is 23.2. The highest BCUT2D eigenvalue weighted by atomic mass is 14.8. The standard InChI is InChI=1S/C13H15N3/c1-8(2)13(14)3-9-4-15-5-10-6-16-7-11(13)12(9)10/h4-8H,3,14H2,1-2H3. The van der Waals surface area contributed by atoms with Crippen molar-refractivity contribution < 1.29 is 0 Å². The van der Waals surface area contributed by atoms with Crippen molar-refractivity contribution in [2.75, 3.05) is 0 Å². The van der Waals surface area contributed by atoms with Crippen LogP contribution in [-0.4, -0.2) is 9.97 Å². The summed E-state index contributed by atoms with van der Waals surface area (Å²) in [5, 5.41) is 2.36. The van der Waals surface area contributed by atoms with E-state index in [-0.39, 0.29) is 5.54 Å². The van der Waals surface area contributed by atoms with Gasteiger partial charge in [-0.05, 0) is 28.9 Å². The van der Waals surface area contributed by atoms with E-state index in [1.54, 1.807) is 0 Å². The van der Waals surface area contributed by atoms with E-state index in [4.69, 9.17) is 5.73 Å². The smallest absolute Gasteiger partial charge is 0.0496 e. The molecule has 0 aromatic carbocycles. The summed E-state index contributed by atoms with van der Waals surface area (Å²) in [6, 6.07) is 0. The summed E-state index contributed by atoms with van der Waals surface area (Å²) in [6.45, 7) is 4.33. The van der Waals surface area contributed by atoms with Gasteiger partial charge in [0, 0.05) is 35.7 Å². The Kier molecular flexibility index (Phi) is 1.83. The Morgan fingerprint density at radius 1 is 1.19 bits per heavy atom. The molecule has 16 heavy (non-hydrogen) atoms. The van der Waals surface area contributed by atoms with E-state index in [9.17, 15) is 0 Å². The average Bonchev–Trinajstić information content (AvgIpc) is 2.57. The van der Waals surface area contributed by atoms with Crippen molar-refractivity contribution in [3.05, 3.63) is 35.9 Å². The summed E-state index contributed by atoms with van der Waals surface area (Å²) in [6.07, 6.45) is 8.44. The molecule has 3 nitrogen and oxygen atoms in total. The highest BCUT2D eigenvalue weighted by molar-refractivity contribution is 5.90. The van der Waals surface area contributed by atoms with E-state index < -0.39 is 0 Å². The molecule has 3 heteroatoms. The molecule has 2 aromatic rings. The van der Waals surface area contributed by atoms with Crippen molar-refractivity contribution in [3.63, 3.8) is 0 Å². The number of nitrogens with zero attached hydrogens (tertiary/aromatic N) is 2. The summed E-state index contributed by atoms with van der Waals surface area (Å²) in [5.74, 6) is 0.396. The van der Waals surface area contributed by atoms with Gasteiger partial charge in [-0.15, -0.1) is 0 Å². The maximum absolute atomic E-state index is 6.54. The van der Waals surface area contributed by atoms with Crippen molar-refractivity contribution in [2.24, 2.45) is 11.7 Å². The first-order valence-electron chi connectivity index (χ1n) is 5.63. The number of hydrogen-bond donors (Lipinski definition) is 1. The fraction of sp³-hybridized carbons (Fsp3) is 0.385. The molecule has 2 heterocycles. The van der Waals surface area contributed by atoms with E-state index in [0.29, 0.717) is 5.92 Å². The van der Waals surface area contributed by atoms with Crippen molar-refractivity contribution in [2.45, 2.75) is 25.8 Å². The summed E-state index contributed by atoms with van der Waals surface area (Å²) in [5.41, 5.74) is 8.69. The van der Waals surface area contributed by atoms with E-state index in [0.717, 1.165) is 11.8 Å². The first kappa shape index (κ1) is 9.73. The fourth-order valence-corrected chi connectivity index (χ4v) is 2.62. The third kappa shape index (κ3) is 1.06. The average molecular weight is 213 g/mol. The molecule has 0 bridgehead atoms. The van der Waals surface area contributed by atoms with Crippen LogP contribution >= 0.6 is 0 Å². The van der Waals surface area contributed by atoms with Crippen molar-refractivity contribution in [1.29, 1.82) is 0 Å². The van der Waals surface area contributed by atoms with Crippen LogP contribution in [0.3, 0.4) is 0 Å². The molecule has 2 N–H and O–H groups in total. The van der Waals surface area contributed by atoms with Gasteiger partial charge in [0.2, 0.25) is 0 Å². The Balaban J connectivity index is 2.37. The molecule has 1 aliphatic rings. The van der Waals surface area contributed by atoms with Crippen LogP contribution in [0.5, 0.6) is 0 Å². The molecule has 0 radical (unpaired) electrons. The Hall–Kier alpha value is -1.48. The Bertz CT molecular complexity index is 557. The number of rotatable bonds is 1. The third-order valence-electron chi connectivity index (χ3n) is 3.76. The van der Waals surface area contributed by atoms with Crippen molar-refractivity contribution in [3.8, 4) is 0 Å². The highest BCUT2D eigenvalue weighted by Crippen LogP contribution is 2.42. The number of aromatic nitrogens is 2. The zero-order valence-electron chi connectivity index (χ0n) is 9.57. The maximum atomic E-state index is 6.54. The van der Waals surface area contributed by atoms with Gasteiger partial charge in [0.25, 0.3) is 0 Å². The molecule has 0 saturated carbocycles. The van der Waals surface area contributed by atoms with Crippen LogP contribution < -0.4 is 5.73 Å². The second kappa shape index (κ2) is 3.01. The van der Waals surface area contributed by atoms with Crippen LogP contribution in [0, 0.1) is 5.92 Å². The number of hydrogen-bond acceptors (Lipinski definition) is 3. The van der Waals surface area contributed by atoms with Gasteiger partial charge >= 0.3 is 0 Å². The molecule has 0 fully saturated rings. The fourth-order valence-electron chi connectivity index (χ4n) is 2.62. The van der Waals surface area contributed by atoms with Crippen LogP contribution in [0.2, 0.25) is 0 Å². The summed E-state index contributed by atoms with van der Waals surface area (Å²) < 4.78 is 0. The summed E-state index contributed by atoms with van der Waals surface area (Å²) >= 11 is 0. The van der Waals surface area contributed by atoms with Crippen LogP contribution in [0.4, 0.5) is 0 Å². The van der Waals surface area contributed by atoms with Gasteiger partial charge in [-0.2, -0.15) is 0 Å². The molecule has 1 unspecified atom stereocenters. The topological polar surface area (TPSA) is 51.8 Å². The van der Waals surface area contributed by atoms with Gasteiger partial charge in [-0.3, -0.25) is 9.97 Å². The lowest BCUT2D eigenvalue weighted by Crippen LogP contribution is -2.41. The van der Waals surface area contributed by atoms with E-state index >= 15 is 0 Å². The SMILES string of the molecule is CC(C)C1(N)Cc2cncc3cncc1c23. The molecule has 2 aromatic heterocycles. The van der Waals surface area contributed by atoms with Crippen LogP contribution in [0.1, 0.15) is 25.0 Å². The zero-order chi connectivity index (χ0) is 11.3. The first-order valence-corrected chi connectivity index (χ1v) is 5.63. The molecule has 0 amide bonds. The van der Waals surface area contributed by atoms with Crippen LogP contribution in [0.25, 0.3) is 10.8 Å². The zero-order valence-corrected chi connectivity index (χ0v) is 9.57. The van der Waals surface area contributed by atoms with Gasteiger partial charge in [-0.1, -0.05) is 13.8 Å². The van der Waals surface area contributed by atoms with Gasteiger partial charge < -0.3 is 5.73 Å². The number of pyridine rings is 2. The summed E-state index contributed by atoms with van der Waals surface area (Å²) in [4.78, 5) is 8.52. The minimum absolute atomic E-state index is 0.280.